The highest BCUT2D eigenvalue weighted by Crippen LogP contribution is 2.62. The number of thiazole rings is 1. The predicted octanol–water partition coefficient (Wildman–Crippen LogP) is 5.60. The summed E-state index contributed by atoms with van der Waals surface area (Å²) in [5.41, 5.74) is 3.77. The second-order valence-electron chi connectivity index (χ2n) is 10.7. The van der Waals surface area contributed by atoms with E-state index in [2.05, 4.69) is 6.07 Å². The molecule has 0 aliphatic carbocycles. The van der Waals surface area contributed by atoms with Crippen LogP contribution in [0.4, 0.5) is 5.69 Å². The minimum Gasteiger partial charge on any atom is -0.748 e. The van der Waals surface area contributed by atoms with Gasteiger partial charge >= 0.3 is 10.1 Å². The first kappa shape index (κ1) is 28.5. The summed E-state index contributed by atoms with van der Waals surface area (Å²) >= 11 is 3.00. The molecule has 0 bridgehead atoms. The van der Waals surface area contributed by atoms with E-state index in [1.54, 1.807) is 6.92 Å². The number of hydrogen-bond donors (Lipinski definition) is 1. The molecule has 1 aromatic heterocycles. The summed E-state index contributed by atoms with van der Waals surface area (Å²) in [7, 11) is -8.88. The van der Waals surface area contributed by atoms with Crippen LogP contribution < -0.4 is 9.05 Å². The molecule has 3 atom stereocenters. The molecule has 2 aliphatic rings. The molecule has 1 N–H and O–H groups in total. The molecule has 3 heterocycles. The maximum absolute atomic E-state index is 12.8. The van der Waals surface area contributed by atoms with Crippen LogP contribution in [0, 0.1) is 0 Å². The second kappa shape index (κ2) is 10.0. The highest BCUT2D eigenvalue weighted by molar-refractivity contribution is 8.03. The van der Waals surface area contributed by atoms with E-state index < -0.39 is 30.4 Å². The van der Waals surface area contributed by atoms with E-state index in [0.717, 1.165) is 42.0 Å². The molecule has 1 saturated heterocycles. The highest BCUT2D eigenvalue weighted by atomic mass is 32.2. The van der Waals surface area contributed by atoms with E-state index in [-0.39, 0.29) is 17.4 Å². The van der Waals surface area contributed by atoms with Gasteiger partial charge in [0.2, 0.25) is 10.4 Å². The highest BCUT2D eigenvalue weighted by Gasteiger charge is 2.70. The Morgan fingerprint density at radius 2 is 1.76 bits per heavy atom. The first-order valence-corrected chi connectivity index (χ1v) is 17.7. The van der Waals surface area contributed by atoms with Crippen molar-refractivity contribution in [2.45, 2.75) is 48.3 Å². The van der Waals surface area contributed by atoms with Gasteiger partial charge < -0.3 is 4.55 Å². The van der Waals surface area contributed by atoms with Gasteiger partial charge in [-0.25, -0.2) is 12.9 Å². The van der Waals surface area contributed by atoms with E-state index in [0.29, 0.717) is 13.0 Å². The molecule has 12 heteroatoms. The van der Waals surface area contributed by atoms with Gasteiger partial charge in [0.15, 0.2) is 17.3 Å². The second-order valence-corrected chi connectivity index (χ2v) is 16.5. The van der Waals surface area contributed by atoms with Gasteiger partial charge in [-0.15, -0.1) is 0 Å². The van der Waals surface area contributed by atoms with Crippen LogP contribution in [0.15, 0.2) is 82.7 Å². The van der Waals surface area contributed by atoms with Crippen molar-refractivity contribution in [2.24, 2.45) is 0 Å². The lowest BCUT2D eigenvalue weighted by Crippen LogP contribution is -2.75. The Balaban J connectivity index is 1.53. The molecule has 0 saturated carbocycles. The Kier molecular flexibility index (Phi) is 6.97. The number of hydrogen-bond acceptors (Lipinski definition) is 7. The van der Waals surface area contributed by atoms with Gasteiger partial charge in [0.25, 0.3) is 5.01 Å². The standard InChI is InChI=1S/C29H28N2O6S4/c1-20(40(32,33)34)14-16-30-23-18-22(21-8-4-3-5-9-21)12-13-25(23)38-27(30)19-28-31(17-15-29(31,2)41(35,36)37)24-10-6-7-11-26(24)39-28/h3-13,18-20H,14-17H2,1-2H3/p+1. The monoisotopic (exact) mass is 629 g/mol. The quantitative estimate of drug-likeness (QED) is 0.161. The summed E-state index contributed by atoms with van der Waals surface area (Å²) in [5, 5.41) is 0.508. The van der Waals surface area contributed by atoms with E-state index >= 15 is 0 Å². The first-order valence-electron chi connectivity index (χ1n) is 13.2. The number of para-hydroxylation sites is 1. The Morgan fingerprint density at radius 1 is 1.05 bits per heavy atom. The Bertz CT molecular complexity index is 1920. The van der Waals surface area contributed by atoms with Crippen molar-refractivity contribution in [3.8, 4) is 11.1 Å². The zero-order valence-corrected chi connectivity index (χ0v) is 25.7. The SMILES string of the molecule is CC(CC[n+]1c(C=C2Sc3ccccc3[N+]23CCC3(C)S(=O)(=O)O)sc2ccc(-c3ccccc3)cc21)S(=O)(=O)[O-]. The number of fused-ring (bicyclic) bond motifs is 3. The minimum atomic E-state index is -4.45. The van der Waals surface area contributed by atoms with Crippen LogP contribution in [0.1, 0.15) is 31.7 Å². The molecule has 41 heavy (non-hydrogen) atoms. The minimum absolute atomic E-state index is 0.00151. The molecular weight excluding hydrogens is 601 g/mol. The van der Waals surface area contributed by atoms with E-state index in [1.807, 2.05) is 77.4 Å². The first-order chi connectivity index (χ1) is 19.3. The van der Waals surface area contributed by atoms with Crippen LogP contribution in [0.25, 0.3) is 27.4 Å². The average molecular weight is 630 g/mol. The van der Waals surface area contributed by atoms with E-state index in [9.17, 15) is 25.9 Å². The third kappa shape index (κ3) is 4.56. The van der Waals surface area contributed by atoms with Crippen molar-refractivity contribution < 1.29 is 30.5 Å². The molecule has 1 spiro atoms. The molecule has 6 rings (SSSR count). The lowest BCUT2D eigenvalue weighted by molar-refractivity contribution is -0.669. The maximum Gasteiger partial charge on any atom is 0.323 e. The lowest BCUT2D eigenvalue weighted by Gasteiger charge is -2.54. The van der Waals surface area contributed by atoms with Gasteiger partial charge in [0.1, 0.15) is 4.70 Å². The number of nitrogens with zero attached hydrogens (tertiary/aromatic N) is 2. The van der Waals surface area contributed by atoms with Gasteiger partial charge in [-0.05, 0) is 41.9 Å². The summed E-state index contributed by atoms with van der Waals surface area (Å²) in [5.74, 6) is 0. The lowest BCUT2D eigenvalue weighted by atomic mass is 9.97. The van der Waals surface area contributed by atoms with Crippen LogP contribution in [0.3, 0.4) is 0 Å². The van der Waals surface area contributed by atoms with Crippen molar-refractivity contribution in [3.05, 3.63) is 82.8 Å². The zero-order valence-electron chi connectivity index (χ0n) is 22.4. The molecule has 0 amide bonds. The smallest absolute Gasteiger partial charge is 0.323 e. The van der Waals surface area contributed by atoms with Gasteiger partial charge in [0.05, 0.1) is 39.3 Å². The summed E-state index contributed by atoms with van der Waals surface area (Å²) in [6.07, 6.45) is 2.41. The summed E-state index contributed by atoms with van der Waals surface area (Å²) in [6, 6.07) is 23.7. The maximum atomic E-state index is 12.8. The van der Waals surface area contributed by atoms with Crippen molar-refractivity contribution in [2.75, 3.05) is 6.54 Å². The van der Waals surface area contributed by atoms with Crippen molar-refractivity contribution in [3.63, 3.8) is 0 Å². The fourth-order valence-corrected chi connectivity index (χ4v) is 9.89. The molecule has 2 aliphatic heterocycles. The van der Waals surface area contributed by atoms with Crippen molar-refractivity contribution in [1.82, 2.24) is 4.48 Å². The van der Waals surface area contributed by atoms with Gasteiger partial charge in [-0.1, -0.05) is 59.9 Å². The summed E-state index contributed by atoms with van der Waals surface area (Å²) in [6.45, 7) is 3.81. The average Bonchev–Trinajstić information content (AvgIpc) is 3.45. The van der Waals surface area contributed by atoms with Crippen molar-refractivity contribution in [1.29, 1.82) is 0 Å². The molecule has 8 nitrogen and oxygen atoms in total. The van der Waals surface area contributed by atoms with Gasteiger partial charge in [-0.2, -0.15) is 13.0 Å². The Hall–Kier alpha value is -2.58. The molecule has 0 radical (unpaired) electrons. The van der Waals surface area contributed by atoms with Crippen LogP contribution in [-0.4, -0.2) is 42.6 Å². The Labute approximate surface area is 248 Å². The molecule has 3 aromatic carbocycles. The van der Waals surface area contributed by atoms with Gasteiger partial charge in [0, 0.05) is 25.5 Å². The fraction of sp³-hybridized carbons (Fsp3) is 0.276. The van der Waals surface area contributed by atoms with Crippen molar-refractivity contribution >= 4 is 65.3 Å². The number of rotatable bonds is 7. The third-order valence-corrected chi connectivity index (χ3v) is 13.6. The zero-order chi connectivity index (χ0) is 29.2. The fourth-order valence-electron chi connectivity index (χ4n) is 5.81. The van der Waals surface area contributed by atoms with Crippen LogP contribution in [-0.2, 0) is 26.8 Å². The molecule has 1 fully saturated rings. The number of benzene rings is 3. The normalized spacial score (nSPS) is 24.0. The summed E-state index contributed by atoms with van der Waals surface area (Å²) < 4.78 is 74.1. The topological polar surface area (TPSA) is 115 Å². The van der Waals surface area contributed by atoms with Crippen LogP contribution in [0.5, 0.6) is 0 Å². The van der Waals surface area contributed by atoms with Crippen LogP contribution in [0.2, 0.25) is 0 Å². The summed E-state index contributed by atoms with van der Waals surface area (Å²) in [4.78, 5) is -0.510. The van der Waals surface area contributed by atoms with Crippen LogP contribution >= 0.6 is 23.1 Å². The Morgan fingerprint density at radius 3 is 2.41 bits per heavy atom. The molecule has 214 valence electrons. The third-order valence-electron chi connectivity index (χ3n) is 8.48. The predicted molar refractivity (Wildman–Crippen MR) is 163 cm³/mol. The number of quaternary nitrogens is 1. The molecular formula is C29H29N2O6S4+. The largest absolute Gasteiger partial charge is 0.748 e. The van der Waals surface area contributed by atoms with E-state index in [4.69, 9.17) is 0 Å². The number of aromatic nitrogens is 1. The molecule has 3 unspecified atom stereocenters. The number of aryl methyl sites for hydroxylation is 1. The van der Waals surface area contributed by atoms with Gasteiger partial charge in [-0.3, -0.25) is 4.55 Å². The van der Waals surface area contributed by atoms with E-state index in [1.165, 1.54) is 30.0 Å². The number of thioether (sulfide) groups is 1. The molecule has 4 aromatic rings.